The molecule has 9 heteroatoms. The fourth-order valence-electron chi connectivity index (χ4n) is 4.06. The van der Waals surface area contributed by atoms with Gasteiger partial charge in [0.15, 0.2) is 5.13 Å². The summed E-state index contributed by atoms with van der Waals surface area (Å²) in [6, 6.07) is 11.4. The van der Waals surface area contributed by atoms with Crippen molar-refractivity contribution in [1.82, 2.24) is 24.6 Å². The van der Waals surface area contributed by atoms with Crippen molar-refractivity contribution in [3.8, 4) is 5.69 Å². The van der Waals surface area contributed by atoms with Crippen LogP contribution in [0.2, 0.25) is 5.02 Å². The highest BCUT2D eigenvalue weighted by Gasteiger charge is 2.28. The summed E-state index contributed by atoms with van der Waals surface area (Å²) in [6.07, 6.45) is 3.47. The second kappa shape index (κ2) is 8.52. The molecule has 1 aromatic carbocycles. The van der Waals surface area contributed by atoms with Crippen molar-refractivity contribution in [3.05, 3.63) is 65.1 Å². The number of hydrogen-bond acceptors (Lipinski definition) is 6. The normalized spacial score (nSPS) is 14.5. The third kappa shape index (κ3) is 3.84. The third-order valence-corrected chi connectivity index (χ3v) is 6.90. The number of carbonyl (C=O) groups is 1. The number of amides is 1. The average molecular weight is 467 g/mol. The molecule has 0 radical (unpaired) electrons. The van der Waals surface area contributed by atoms with Gasteiger partial charge >= 0.3 is 0 Å². The first-order valence-electron chi connectivity index (χ1n) is 10.6. The molecule has 5 rings (SSSR count). The van der Waals surface area contributed by atoms with E-state index < -0.39 is 0 Å². The maximum absolute atomic E-state index is 13.4. The zero-order chi connectivity index (χ0) is 22.2. The molecular weight excluding hydrogens is 444 g/mol. The van der Waals surface area contributed by atoms with E-state index in [-0.39, 0.29) is 11.8 Å². The Balaban J connectivity index is 1.35. The number of hydrogen-bond donors (Lipinski definition) is 0. The zero-order valence-corrected chi connectivity index (χ0v) is 19.5. The summed E-state index contributed by atoms with van der Waals surface area (Å²) in [4.78, 5) is 27.6. The van der Waals surface area contributed by atoms with Crippen LogP contribution >= 0.6 is 22.9 Å². The number of aromatic nitrogens is 4. The van der Waals surface area contributed by atoms with Crippen LogP contribution in [0.1, 0.15) is 35.8 Å². The van der Waals surface area contributed by atoms with Gasteiger partial charge in [-0.25, -0.2) is 14.6 Å². The summed E-state index contributed by atoms with van der Waals surface area (Å²) in [5.74, 6) is 0.152. The van der Waals surface area contributed by atoms with Crippen LogP contribution in [0.5, 0.6) is 0 Å². The van der Waals surface area contributed by atoms with Crippen molar-refractivity contribution in [3.63, 3.8) is 0 Å². The molecule has 4 heterocycles. The minimum absolute atomic E-state index is 0.0209. The molecule has 3 aromatic heterocycles. The number of fused-ring (bicyclic) bond motifs is 1. The van der Waals surface area contributed by atoms with E-state index in [0.29, 0.717) is 23.7 Å². The molecule has 164 valence electrons. The standard InChI is InChI=1S/C23H23ClN6OS/c1-15(2)20-18(14-26-30(20)17-6-3-5-16(24)13-17)22(31)28-9-11-29(12-10-28)23-27-19-7-4-8-25-21(19)32-23/h3-8,13-15H,9-12H2,1-2H3. The van der Waals surface area contributed by atoms with E-state index in [9.17, 15) is 4.79 Å². The van der Waals surface area contributed by atoms with E-state index in [1.807, 2.05) is 46.0 Å². The van der Waals surface area contributed by atoms with Gasteiger partial charge in [0.25, 0.3) is 5.91 Å². The number of thiazole rings is 1. The Kier molecular flexibility index (Phi) is 5.57. The summed E-state index contributed by atoms with van der Waals surface area (Å²) in [6.45, 7) is 6.92. The minimum atomic E-state index is 0.0209. The number of nitrogens with zero attached hydrogens (tertiary/aromatic N) is 6. The lowest BCUT2D eigenvalue weighted by Gasteiger charge is -2.34. The molecule has 0 aliphatic carbocycles. The van der Waals surface area contributed by atoms with Crippen LogP contribution in [0.25, 0.3) is 16.0 Å². The van der Waals surface area contributed by atoms with Crippen LogP contribution in [0.4, 0.5) is 5.13 Å². The lowest BCUT2D eigenvalue weighted by Crippen LogP contribution is -2.49. The van der Waals surface area contributed by atoms with Gasteiger partial charge in [0.2, 0.25) is 0 Å². The van der Waals surface area contributed by atoms with Gasteiger partial charge in [-0.15, -0.1) is 0 Å². The Labute approximate surface area is 195 Å². The summed E-state index contributed by atoms with van der Waals surface area (Å²) in [7, 11) is 0. The fraction of sp³-hybridized carbons (Fsp3) is 0.304. The Morgan fingerprint density at radius 3 is 2.66 bits per heavy atom. The molecule has 0 spiro atoms. The largest absolute Gasteiger partial charge is 0.344 e. The van der Waals surface area contributed by atoms with Crippen LogP contribution in [0, 0.1) is 0 Å². The molecule has 1 amide bonds. The predicted octanol–water partition coefficient (Wildman–Crippen LogP) is 4.62. The van der Waals surface area contributed by atoms with Crippen molar-refractivity contribution in [2.45, 2.75) is 19.8 Å². The molecule has 7 nitrogen and oxygen atoms in total. The Bertz CT molecular complexity index is 1240. The maximum atomic E-state index is 13.4. The lowest BCUT2D eigenvalue weighted by molar-refractivity contribution is 0.0745. The Hall–Kier alpha value is -2.97. The summed E-state index contributed by atoms with van der Waals surface area (Å²) < 4.78 is 1.83. The molecular formula is C23H23ClN6OS. The van der Waals surface area contributed by atoms with E-state index in [2.05, 4.69) is 28.8 Å². The zero-order valence-electron chi connectivity index (χ0n) is 17.9. The first-order chi connectivity index (χ1) is 15.5. The number of halogens is 1. The smallest absolute Gasteiger partial charge is 0.257 e. The van der Waals surface area contributed by atoms with Gasteiger partial charge in [-0.2, -0.15) is 5.10 Å². The van der Waals surface area contributed by atoms with Gasteiger partial charge < -0.3 is 9.80 Å². The Morgan fingerprint density at radius 2 is 1.94 bits per heavy atom. The molecule has 0 atom stereocenters. The molecule has 1 aliphatic heterocycles. The monoisotopic (exact) mass is 466 g/mol. The van der Waals surface area contributed by atoms with Crippen LogP contribution in [-0.2, 0) is 0 Å². The third-order valence-electron chi connectivity index (χ3n) is 5.63. The fourth-order valence-corrected chi connectivity index (χ4v) is 5.20. The number of anilines is 1. The number of benzene rings is 1. The number of piperazine rings is 1. The van der Waals surface area contributed by atoms with E-state index in [1.54, 1.807) is 23.7 Å². The second-order valence-electron chi connectivity index (χ2n) is 8.09. The molecule has 0 N–H and O–H groups in total. The summed E-state index contributed by atoms with van der Waals surface area (Å²) in [5, 5.41) is 6.14. The molecule has 1 aliphatic rings. The highest BCUT2D eigenvalue weighted by atomic mass is 35.5. The van der Waals surface area contributed by atoms with Gasteiger partial charge in [-0.05, 0) is 36.2 Å². The van der Waals surface area contributed by atoms with Crippen molar-refractivity contribution in [2.24, 2.45) is 0 Å². The predicted molar refractivity (Wildman–Crippen MR) is 128 cm³/mol. The highest BCUT2D eigenvalue weighted by Crippen LogP contribution is 2.29. The van der Waals surface area contributed by atoms with Gasteiger partial charge in [0.05, 0.1) is 23.1 Å². The second-order valence-corrected chi connectivity index (χ2v) is 9.49. The van der Waals surface area contributed by atoms with E-state index in [4.69, 9.17) is 16.6 Å². The minimum Gasteiger partial charge on any atom is -0.344 e. The molecule has 32 heavy (non-hydrogen) atoms. The van der Waals surface area contributed by atoms with Crippen LogP contribution in [0.15, 0.2) is 48.8 Å². The summed E-state index contributed by atoms with van der Waals surface area (Å²) >= 11 is 7.77. The Morgan fingerprint density at radius 1 is 1.12 bits per heavy atom. The first-order valence-corrected chi connectivity index (χ1v) is 11.8. The topological polar surface area (TPSA) is 67.2 Å². The number of rotatable bonds is 4. The number of carbonyl (C=O) groups excluding carboxylic acids is 1. The van der Waals surface area contributed by atoms with Gasteiger partial charge in [0, 0.05) is 37.4 Å². The van der Waals surface area contributed by atoms with Gasteiger partial charge in [-0.3, -0.25) is 4.79 Å². The number of pyridine rings is 1. The van der Waals surface area contributed by atoms with Gasteiger partial charge in [0.1, 0.15) is 10.3 Å². The molecule has 1 saturated heterocycles. The summed E-state index contributed by atoms with van der Waals surface area (Å²) in [5.41, 5.74) is 3.32. The van der Waals surface area contributed by atoms with Crippen LogP contribution < -0.4 is 4.90 Å². The van der Waals surface area contributed by atoms with Crippen molar-refractivity contribution in [2.75, 3.05) is 31.1 Å². The molecule has 0 saturated carbocycles. The van der Waals surface area contributed by atoms with E-state index in [1.165, 1.54) is 0 Å². The van der Waals surface area contributed by atoms with Gasteiger partial charge in [-0.1, -0.05) is 42.9 Å². The van der Waals surface area contributed by atoms with Crippen LogP contribution in [-0.4, -0.2) is 56.7 Å². The van der Waals surface area contributed by atoms with Crippen molar-refractivity contribution < 1.29 is 4.79 Å². The molecule has 0 bridgehead atoms. The lowest BCUT2D eigenvalue weighted by atomic mass is 10.0. The van der Waals surface area contributed by atoms with Crippen molar-refractivity contribution in [1.29, 1.82) is 0 Å². The quantitative estimate of drug-likeness (QED) is 0.439. The molecule has 1 fully saturated rings. The van der Waals surface area contributed by atoms with E-state index >= 15 is 0 Å². The SMILES string of the molecule is CC(C)c1c(C(=O)N2CCN(c3nc4cccnc4s3)CC2)cnn1-c1cccc(Cl)c1. The maximum Gasteiger partial charge on any atom is 0.257 e. The molecule has 4 aromatic rings. The average Bonchev–Trinajstić information content (AvgIpc) is 3.43. The highest BCUT2D eigenvalue weighted by molar-refractivity contribution is 7.21. The van der Waals surface area contributed by atoms with Crippen molar-refractivity contribution >= 4 is 44.3 Å². The molecule has 0 unspecified atom stereocenters. The van der Waals surface area contributed by atoms with Crippen LogP contribution in [0.3, 0.4) is 0 Å². The van der Waals surface area contributed by atoms with E-state index in [0.717, 1.165) is 39.9 Å². The first kappa shape index (κ1) is 20.9.